The number of rotatable bonds is 3. The van der Waals surface area contributed by atoms with Crippen LogP contribution in [0.25, 0.3) is 0 Å². The van der Waals surface area contributed by atoms with Gasteiger partial charge in [0, 0.05) is 25.5 Å². The third-order valence-electron chi connectivity index (χ3n) is 2.62. The number of pyridine rings is 1. The maximum atomic E-state index is 12.3. The first-order valence-corrected chi connectivity index (χ1v) is 7.18. The molecular weight excluding hydrogens is 274 g/mol. The summed E-state index contributed by atoms with van der Waals surface area (Å²) < 4.78 is 31.2. The summed E-state index contributed by atoms with van der Waals surface area (Å²) in [6, 6.07) is 3.09. The highest BCUT2D eigenvalue weighted by atomic mass is 32.2. The van der Waals surface area contributed by atoms with Gasteiger partial charge in [0.15, 0.2) is 0 Å². The molecule has 1 atom stereocenters. The molecule has 0 saturated carbocycles. The average Bonchev–Trinajstić information content (AvgIpc) is 2.40. The first-order valence-electron chi connectivity index (χ1n) is 5.33. The molecule has 1 aromatic heterocycles. The predicted molar refractivity (Wildman–Crippen MR) is 69.5 cm³/mol. The lowest BCUT2D eigenvalue weighted by atomic mass is 10.3. The van der Waals surface area contributed by atoms with Crippen LogP contribution in [-0.2, 0) is 14.8 Å². The zero-order valence-electron chi connectivity index (χ0n) is 9.52. The van der Waals surface area contributed by atoms with Crippen molar-refractivity contribution in [1.82, 2.24) is 9.29 Å². The Morgan fingerprint density at radius 2 is 2.39 bits per heavy atom. The minimum atomic E-state index is -3.55. The minimum absolute atomic E-state index is 0.145. The molecule has 0 radical (unpaired) electrons. The Balaban J connectivity index is 2.23. The van der Waals surface area contributed by atoms with Crippen LogP contribution in [0.2, 0.25) is 0 Å². The second kappa shape index (κ2) is 5.27. The molecule has 1 aliphatic rings. The van der Waals surface area contributed by atoms with E-state index in [1.54, 1.807) is 6.07 Å². The standard InChI is InChI=1S/C10H13N3O3S2/c11-10(17)9-7-13(4-5-16-9)18(14,15)8-2-1-3-12-6-8/h1-3,6,9H,4-5,7H2,(H2,11,17). The van der Waals surface area contributed by atoms with Gasteiger partial charge in [-0.15, -0.1) is 0 Å². The van der Waals surface area contributed by atoms with E-state index in [9.17, 15) is 8.42 Å². The summed E-state index contributed by atoms with van der Waals surface area (Å²) in [7, 11) is -3.55. The largest absolute Gasteiger partial charge is 0.391 e. The zero-order valence-corrected chi connectivity index (χ0v) is 11.2. The van der Waals surface area contributed by atoms with E-state index in [0.29, 0.717) is 0 Å². The third kappa shape index (κ3) is 2.66. The van der Waals surface area contributed by atoms with Crippen molar-refractivity contribution in [3.05, 3.63) is 24.5 Å². The van der Waals surface area contributed by atoms with Crippen molar-refractivity contribution in [2.45, 2.75) is 11.0 Å². The van der Waals surface area contributed by atoms with Crippen molar-refractivity contribution in [1.29, 1.82) is 0 Å². The van der Waals surface area contributed by atoms with Crippen LogP contribution >= 0.6 is 12.2 Å². The van der Waals surface area contributed by atoms with E-state index in [1.807, 2.05) is 0 Å². The van der Waals surface area contributed by atoms with Gasteiger partial charge in [0.25, 0.3) is 0 Å². The topological polar surface area (TPSA) is 85.5 Å². The summed E-state index contributed by atoms with van der Waals surface area (Å²) in [6.45, 7) is 0.713. The van der Waals surface area contributed by atoms with E-state index < -0.39 is 16.1 Å². The first kappa shape index (κ1) is 13.3. The molecule has 2 rings (SSSR count). The van der Waals surface area contributed by atoms with Gasteiger partial charge in [-0.3, -0.25) is 4.98 Å². The molecule has 0 bridgehead atoms. The minimum Gasteiger partial charge on any atom is -0.391 e. The monoisotopic (exact) mass is 287 g/mol. The Hall–Kier alpha value is -1.09. The van der Waals surface area contributed by atoms with E-state index in [1.165, 1.54) is 22.8 Å². The van der Waals surface area contributed by atoms with Crippen LogP contribution in [0.5, 0.6) is 0 Å². The summed E-state index contributed by atoms with van der Waals surface area (Å²) in [5.74, 6) is 0. The molecule has 1 unspecified atom stereocenters. The molecule has 0 aromatic carbocycles. The Kier molecular flexibility index (Phi) is 3.91. The molecule has 0 amide bonds. The smallest absolute Gasteiger partial charge is 0.244 e. The highest BCUT2D eigenvalue weighted by molar-refractivity contribution is 7.89. The number of ether oxygens (including phenoxy) is 1. The van der Waals surface area contributed by atoms with Crippen LogP contribution in [0.3, 0.4) is 0 Å². The van der Waals surface area contributed by atoms with Crippen molar-refractivity contribution < 1.29 is 13.2 Å². The molecule has 8 heteroatoms. The van der Waals surface area contributed by atoms with Gasteiger partial charge >= 0.3 is 0 Å². The van der Waals surface area contributed by atoms with Gasteiger partial charge in [-0.25, -0.2) is 8.42 Å². The molecule has 0 aliphatic carbocycles. The Morgan fingerprint density at radius 3 is 3.00 bits per heavy atom. The van der Waals surface area contributed by atoms with Crippen LogP contribution < -0.4 is 5.73 Å². The Labute approximate surface area is 111 Å². The molecule has 1 aliphatic heterocycles. The number of hydrogen-bond acceptors (Lipinski definition) is 5. The van der Waals surface area contributed by atoms with E-state index in [0.717, 1.165) is 0 Å². The summed E-state index contributed by atoms with van der Waals surface area (Å²) in [4.78, 5) is 4.14. The van der Waals surface area contributed by atoms with Gasteiger partial charge in [-0.2, -0.15) is 4.31 Å². The molecular formula is C10H13N3O3S2. The van der Waals surface area contributed by atoms with E-state index >= 15 is 0 Å². The van der Waals surface area contributed by atoms with Gasteiger partial charge < -0.3 is 10.5 Å². The Morgan fingerprint density at radius 1 is 1.61 bits per heavy atom. The molecule has 18 heavy (non-hydrogen) atoms. The number of nitrogens with zero attached hydrogens (tertiary/aromatic N) is 2. The van der Waals surface area contributed by atoms with E-state index in [-0.39, 0.29) is 29.6 Å². The van der Waals surface area contributed by atoms with Crippen molar-refractivity contribution in [3.63, 3.8) is 0 Å². The van der Waals surface area contributed by atoms with E-state index in [2.05, 4.69) is 4.98 Å². The summed E-state index contributed by atoms with van der Waals surface area (Å²) in [5, 5.41) is 0. The van der Waals surface area contributed by atoms with Crippen molar-refractivity contribution in [2.24, 2.45) is 5.73 Å². The van der Waals surface area contributed by atoms with Gasteiger partial charge in [0.2, 0.25) is 10.0 Å². The second-order valence-corrected chi connectivity index (χ2v) is 6.22. The van der Waals surface area contributed by atoms with Crippen LogP contribution in [0.15, 0.2) is 29.4 Å². The number of aromatic nitrogens is 1. The fourth-order valence-electron chi connectivity index (χ4n) is 1.66. The predicted octanol–water partition coefficient (Wildman–Crippen LogP) is -0.243. The lowest BCUT2D eigenvalue weighted by Gasteiger charge is -2.31. The zero-order chi connectivity index (χ0) is 13.2. The summed E-state index contributed by atoms with van der Waals surface area (Å²) >= 11 is 4.83. The average molecular weight is 287 g/mol. The number of sulfonamides is 1. The summed E-state index contributed by atoms with van der Waals surface area (Å²) in [6.07, 6.45) is 2.32. The molecule has 98 valence electrons. The maximum Gasteiger partial charge on any atom is 0.244 e. The molecule has 1 saturated heterocycles. The number of thiocarbonyl (C=S) groups is 1. The van der Waals surface area contributed by atoms with Crippen LogP contribution in [0.4, 0.5) is 0 Å². The molecule has 0 spiro atoms. The van der Waals surface area contributed by atoms with Crippen LogP contribution in [-0.4, -0.2) is 48.5 Å². The molecule has 6 nitrogen and oxygen atoms in total. The third-order valence-corrected chi connectivity index (χ3v) is 4.73. The first-order chi connectivity index (χ1) is 8.51. The maximum absolute atomic E-state index is 12.3. The highest BCUT2D eigenvalue weighted by Gasteiger charge is 2.31. The highest BCUT2D eigenvalue weighted by Crippen LogP contribution is 2.17. The number of hydrogen-bond donors (Lipinski definition) is 1. The molecule has 1 aromatic rings. The quantitative estimate of drug-likeness (QED) is 0.772. The van der Waals surface area contributed by atoms with Crippen molar-refractivity contribution in [2.75, 3.05) is 19.7 Å². The Bertz CT molecular complexity index is 533. The fourth-order valence-corrected chi connectivity index (χ4v) is 3.20. The SMILES string of the molecule is NC(=S)C1CN(S(=O)(=O)c2cccnc2)CCO1. The van der Waals surface area contributed by atoms with Gasteiger partial charge in [-0.05, 0) is 12.1 Å². The van der Waals surface area contributed by atoms with Crippen LogP contribution in [0, 0.1) is 0 Å². The normalized spacial score (nSPS) is 21.7. The van der Waals surface area contributed by atoms with Crippen LogP contribution in [0.1, 0.15) is 0 Å². The number of nitrogens with two attached hydrogens (primary N) is 1. The molecule has 2 heterocycles. The second-order valence-electron chi connectivity index (χ2n) is 3.81. The fraction of sp³-hybridized carbons (Fsp3) is 0.400. The van der Waals surface area contributed by atoms with Gasteiger partial charge in [0.05, 0.1) is 6.61 Å². The molecule has 2 N–H and O–H groups in total. The van der Waals surface area contributed by atoms with Crippen molar-refractivity contribution in [3.8, 4) is 0 Å². The lowest BCUT2D eigenvalue weighted by molar-refractivity contribution is 0.0386. The van der Waals surface area contributed by atoms with E-state index in [4.69, 9.17) is 22.7 Å². The van der Waals surface area contributed by atoms with Gasteiger partial charge in [-0.1, -0.05) is 12.2 Å². The van der Waals surface area contributed by atoms with Gasteiger partial charge in [0.1, 0.15) is 16.0 Å². The molecule has 1 fully saturated rings. The number of morpholine rings is 1. The lowest BCUT2D eigenvalue weighted by Crippen LogP contribution is -2.49. The van der Waals surface area contributed by atoms with Crippen molar-refractivity contribution >= 4 is 27.2 Å². The summed E-state index contributed by atoms with van der Waals surface area (Å²) in [5.41, 5.74) is 5.48.